The van der Waals surface area contributed by atoms with E-state index in [1.165, 1.54) is 37.3 Å². The molecule has 1 heterocycles. The second-order valence-electron chi connectivity index (χ2n) is 6.03. The van der Waals surface area contributed by atoms with E-state index in [1.807, 2.05) is 6.92 Å². The van der Waals surface area contributed by atoms with E-state index in [1.54, 1.807) is 24.3 Å². The lowest BCUT2D eigenvalue weighted by atomic mass is 10.2. The number of nitrogens with one attached hydrogen (secondary N) is 1. The molecule has 3 aromatic rings. The average Bonchev–Trinajstić information content (AvgIpc) is 2.61. The molecule has 0 spiro atoms. The Morgan fingerprint density at radius 1 is 1.07 bits per heavy atom. The number of esters is 1. The molecule has 2 aromatic carbocycles. The Kier molecular flexibility index (Phi) is 5.11. The van der Waals surface area contributed by atoms with Gasteiger partial charge in [0.05, 0.1) is 4.90 Å². The summed E-state index contributed by atoms with van der Waals surface area (Å²) in [4.78, 5) is 23.6. The molecular weight excluding hydrogens is 370 g/mol. The van der Waals surface area contributed by atoms with Gasteiger partial charge in [-0.3, -0.25) is 0 Å². The fourth-order valence-electron chi connectivity index (χ4n) is 2.38. The molecule has 0 fully saturated rings. The summed E-state index contributed by atoms with van der Waals surface area (Å²) in [6.07, 6.45) is 0. The van der Waals surface area contributed by atoms with Gasteiger partial charge in [0.2, 0.25) is 10.0 Å². The molecule has 0 amide bonds. The van der Waals surface area contributed by atoms with Crippen LogP contribution in [-0.4, -0.2) is 20.4 Å². The van der Waals surface area contributed by atoms with Gasteiger partial charge >= 0.3 is 11.6 Å². The van der Waals surface area contributed by atoms with E-state index in [-0.39, 0.29) is 16.2 Å². The fourth-order valence-corrected chi connectivity index (χ4v) is 3.57. The van der Waals surface area contributed by atoms with Crippen molar-refractivity contribution in [3.63, 3.8) is 0 Å². The summed E-state index contributed by atoms with van der Waals surface area (Å²) in [5, 5.41) is 0.669. The molecule has 1 unspecified atom stereocenters. The maximum atomic E-state index is 12.4. The standard InChI is InChI=1S/C19H17NO6S/c1-12-3-8-16(9-4-12)27(23,24)20-13(2)19(22)25-15-7-5-14-6-10-18(21)26-17(14)11-15/h3-11,13,20H,1-2H3. The zero-order valence-electron chi connectivity index (χ0n) is 14.6. The highest BCUT2D eigenvalue weighted by molar-refractivity contribution is 7.89. The Balaban J connectivity index is 1.73. The van der Waals surface area contributed by atoms with E-state index in [2.05, 4.69) is 4.72 Å². The predicted molar refractivity (Wildman–Crippen MR) is 99.1 cm³/mol. The smallest absolute Gasteiger partial charge is 0.336 e. The number of hydrogen-bond acceptors (Lipinski definition) is 6. The van der Waals surface area contributed by atoms with Gasteiger partial charge in [-0.05, 0) is 44.2 Å². The van der Waals surface area contributed by atoms with Crippen LogP contribution in [0.15, 0.2) is 68.7 Å². The minimum absolute atomic E-state index is 0.0558. The minimum Gasteiger partial charge on any atom is -0.425 e. The van der Waals surface area contributed by atoms with Gasteiger partial charge in [0.15, 0.2) is 0 Å². The number of rotatable bonds is 5. The van der Waals surface area contributed by atoms with E-state index in [0.29, 0.717) is 5.39 Å². The molecule has 0 aliphatic heterocycles. The van der Waals surface area contributed by atoms with Crippen LogP contribution in [0.4, 0.5) is 0 Å². The molecule has 1 atom stereocenters. The molecule has 0 aliphatic rings. The molecule has 0 aliphatic carbocycles. The first-order valence-electron chi connectivity index (χ1n) is 8.09. The van der Waals surface area contributed by atoms with Gasteiger partial charge in [0, 0.05) is 17.5 Å². The summed E-state index contributed by atoms with van der Waals surface area (Å²) in [5.74, 6) is -0.647. The van der Waals surface area contributed by atoms with Gasteiger partial charge < -0.3 is 9.15 Å². The van der Waals surface area contributed by atoms with E-state index >= 15 is 0 Å². The maximum Gasteiger partial charge on any atom is 0.336 e. The van der Waals surface area contributed by atoms with Crippen LogP contribution in [0.1, 0.15) is 12.5 Å². The van der Waals surface area contributed by atoms with Crippen molar-refractivity contribution in [1.29, 1.82) is 0 Å². The maximum absolute atomic E-state index is 12.4. The van der Waals surface area contributed by atoms with Crippen molar-refractivity contribution >= 4 is 27.0 Å². The van der Waals surface area contributed by atoms with Gasteiger partial charge in [-0.15, -0.1) is 0 Å². The topological polar surface area (TPSA) is 103 Å². The van der Waals surface area contributed by atoms with Crippen molar-refractivity contribution in [2.45, 2.75) is 24.8 Å². The Labute approximate surface area is 155 Å². The van der Waals surface area contributed by atoms with Crippen LogP contribution >= 0.6 is 0 Å². The van der Waals surface area contributed by atoms with Crippen molar-refractivity contribution in [2.24, 2.45) is 0 Å². The molecule has 1 N–H and O–H groups in total. The summed E-state index contributed by atoms with van der Waals surface area (Å²) in [7, 11) is -3.86. The zero-order valence-corrected chi connectivity index (χ0v) is 15.4. The molecule has 8 heteroatoms. The molecule has 27 heavy (non-hydrogen) atoms. The number of carbonyl (C=O) groups is 1. The van der Waals surface area contributed by atoms with E-state index in [9.17, 15) is 18.0 Å². The minimum atomic E-state index is -3.86. The van der Waals surface area contributed by atoms with Crippen LogP contribution in [-0.2, 0) is 14.8 Å². The van der Waals surface area contributed by atoms with Gasteiger partial charge in [-0.2, -0.15) is 4.72 Å². The molecule has 0 bridgehead atoms. The number of ether oxygens (including phenoxy) is 1. The van der Waals surface area contributed by atoms with E-state index in [4.69, 9.17) is 9.15 Å². The van der Waals surface area contributed by atoms with Crippen LogP contribution in [0.5, 0.6) is 5.75 Å². The van der Waals surface area contributed by atoms with Crippen molar-refractivity contribution in [1.82, 2.24) is 4.72 Å². The molecule has 7 nitrogen and oxygen atoms in total. The van der Waals surface area contributed by atoms with Crippen LogP contribution in [0.2, 0.25) is 0 Å². The van der Waals surface area contributed by atoms with Crippen molar-refractivity contribution < 1.29 is 22.4 Å². The van der Waals surface area contributed by atoms with Crippen molar-refractivity contribution in [2.75, 3.05) is 0 Å². The number of sulfonamides is 1. The first kappa shape index (κ1) is 18.8. The van der Waals surface area contributed by atoms with E-state index < -0.39 is 27.7 Å². The molecule has 0 saturated carbocycles. The second-order valence-corrected chi connectivity index (χ2v) is 7.75. The lowest BCUT2D eigenvalue weighted by Crippen LogP contribution is -2.40. The molecule has 0 saturated heterocycles. The van der Waals surface area contributed by atoms with Crippen LogP contribution in [0.3, 0.4) is 0 Å². The molecule has 3 rings (SSSR count). The summed E-state index contributed by atoms with van der Waals surface area (Å²) < 4.78 is 37.2. The van der Waals surface area contributed by atoms with Gasteiger partial charge in [-0.1, -0.05) is 17.7 Å². The second kappa shape index (κ2) is 7.34. The van der Waals surface area contributed by atoms with Gasteiger partial charge in [0.1, 0.15) is 17.4 Å². The van der Waals surface area contributed by atoms with Crippen molar-refractivity contribution in [3.05, 3.63) is 70.6 Å². The number of benzene rings is 2. The quantitative estimate of drug-likeness (QED) is 0.410. The van der Waals surface area contributed by atoms with E-state index in [0.717, 1.165) is 5.56 Å². The summed E-state index contributed by atoms with van der Waals surface area (Å²) >= 11 is 0. The third-order valence-electron chi connectivity index (χ3n) is 3.83. The Bertz CT molecular complexity index is 1150. The average molecular weight is 387 g/mol. The van der Waals surface area contributed by atoms with Crippen molar-refractivity contribution in [3.8, 4) is 5.75 Å². The lowest BCUT2D eigenvalue weighted by molar-refractivity contribution is -0.135. The highest BCUT2D eigenvalue weighted by Crippen LogP contribution is 2.20. The SMILES string of the molecule is Cc1ccc(S(=O)(=O)NC(C)C(=O)Oc2ccc3ccc(=O)oc3c2)cc1. The van der Waals surface area contributed by atoms with Crippen LogP contribution < -0.4 is 15.1 Å². The first-order valence-corrected chi connectivity index (χ1v) is 9.57. The largest absolute Gasteiger partial charge is 0.425 e. The molecule has 140 valence electrons. The number of carbonyl (C=O) groups excluding carboxylic acids is 1. The summed E-state index contributed by atoms with van der Waals surface area (Å²) in [6.45, 7) is 3.23. The summed E-state index contributed by atoms with van der Waals surface area (Å²) in [6, 6.07) is 12.6. The molecular formula is C19H17NO6S. The predicted octanol–water partition coefficient (Wildman–Crippen LogP) is 2.37. The third-order valence-corrected chi connectivity index (χ3v) is 5.39. The number of hydrogen-bond donors (Lipinski definition) is 1. The third kappa shape index (κ3) is 4.42. The highest BCUT2D eigenvalue weighted by Gasteiger charge is 2.23. The lowest BCUT2D eigenvalue weighted by Gasteiger charge is -2.14. The molecule has 1 aromatic heterocycles. The van der Waals surface area contributed by atoms with Gasteiger partial charge in [-0.25, -0.2) is 18.0 Å². The normalized spacial score (nSPS) is 12.7. The fraction of sp³-hybridized carbons (Fsp3) is 0.158. The Morgan fingerprint density at radius 3 is 2.44 bits per heavy atom. The van der Waals surface area contributed by atoms with Gasteiger partial charge in [0.25, 0.3) is 0 Å². The summed E-state index contributed by atoms with van der Waals surface area (Å²) in [5.41, 5.74) is 0.662. The number of fused-ring (bicyclic) bond motifs is 1. The van der Waals surface area contributed by atoms with Crippen LogP contribution in [0.25, 0.3) is 11.0 Å². The number of aryl methyl sites for hydroxylation is 1. The highest BCUT2D eigenvalue weighted by atomic mass is 32.2. The molecule has 0 radical (unpaired) electrons. The Hall–Kier alpha value is -2.97. The first-order chi connectivity index (χ1) is 12.7. The monoisotopic (exact) mass is 387 g/mol. The zero-order chi connectivity index (χ0) is 19.6. The Morgan fingerprint density at radius 2 is 1.74 bits per heavy atom. The van der Waals surface area contributed by atoms with Crippen LogP contribution in [0, 0.1) is 6.92 Å².